The standard InChI is InChI=1S/C14H22N2O2/c1-4-14(5-2,9-17)16-13(18)11-6-7-12(15)10(3)8-11/h6-8,17H,4-5,9,15H2,1-3H3,(H,16,18). The average Bonchev–Trinajstić information content (AvgIpc) is 2.39. The van der Waals surface area contributed by atoms with Crippen LogP contribution in [0.15, 0.2) is 18.2 Å². The van der Waals surface area contributed by atoms with Crippen molar-refractivity contribution in [2.24, 2.45) is 0 Å². The van der Waals surface area contributed by atoms with E-state index in [9.17, 15) is 9.90 Å². The van der Waals surface area contributed by atoms with E-state index in [-0.39, 0.29) is 12.5 Å². The second-order valence-corrected chi connectivity index (χ2v) is 4.67. The number of nitrogen functional groups attached to an aromatic ring is 1. The third-order valence-electron chi connectivity index (χ3n) is 3.57. The van der Waals surface area contributed by atoms with Crippen LogP contribution in [0.1, 0.15) is 42.6 Å². The number of anilines is 1. The molecule has 1 aromatic rings. The summed E-state index contributed by atoms with van der Waals surface area (Å²) in [6.45, 7) is 5.72. The van der Waals surface area contributed by atoms with E-state index in [4.69, 9.17) is 5.73 Å². The number of carbonyl (C=O) groups excluding carboxylic acids is 1. The fourth-order valence-electron chi connectivity index (χ4n) is 1.82. The zero-order valence-corrected chi connectivity index (χ0v) is 11.3. The minimum Gasteiger partial charge on any atom is -0.399 e. The number of aryl methyl sites for hydroxylation is 1. The number of amides is 1. The quantitative estimate of drug-likeness (QED) is 0.698. The van der Waals surface area contributed by atoms with Gasteiger partial charge >= 0.3 is 0 Å². The fourth-order valence-corrected chi connectivity index (χ4v) is 1.82. The van der Waals surface area contributed by atoms with Crippen molar-refractivity contribution in [3.63, 3.8) is 0 Å². The predicted octanol–water partition coefficient (Wildman–Crippen LogP) is 1.86. The Bertz CT molecular complexity index is 418. The summed E-state index contributed by atoms with van der Waals surface area (Å²) in [5.41, 5.74) is 7.31. The van der Waals surface area contributed by atoms with Gasteiger partial charge in [0, 0.05) is 11.3 Å². The summed E-state index contributed by atoms with van der Waals surface area (Å²) < 4.78 is 0. The fraction of sp³-hybridized carbons (Fsp3) is 0.500. The SMILES string of the molecule is CCC(CC)(CO)NC(=O)c1ccc(N)c(C)c1. The van der Waals surface area contributed by atoms with Gasteiger partial charge in [-0.15, -0.1) is 0 Å². The van der Waals surface area contributed by atoms with E-state index >= 15 is 0 Å². The number of rotatable bonds is 5. The summed E-state index contributed by atoms with van der Waals surface area (Å²) in [5, 5.41) is 12.3. The third-order valence-corrected chi connectivity index (χ3v) is 3.57. The maximum atomic E-state index is 12.1. The van der Waals surface area contributed by atoms with Gasteiger partial charge in [0.25, 0.3) is 5.91 Å². The van der Waals surface area contributed by atoms with Gasteiger partial charge in [-0.25, -0.2) is 0 Å². The molecule has 0 aliphatic carbocycles. The van der Waals surface area contributed by atoms with Crippen LogP contribution < -0.4 is 11.1 Å². The van der Waals surface area contributed by atoms with Crippen LogP contribution in [0, 0.1) is 6.92 Å². The number of hydrogen-bond donors (Lipinski definition) is 3. The second kappa shape index (κ2) is 5.87. The number of hydrogen-bond acceptors (Lipinski definition) is 3. The van der Waals surface area contributed by atoms with E-state index in [0.29, 0.717) is 24.1 Å². The Hall–Kier alpha value is -1.55. The summed E-state index contributed by atoms with van der Waals surface area (Å²) in [7, 11) is 0. The first-order valence-electron chi connectivity index (χ1n) is 6.27. The largest absolute Gasteiger partial charge is 0.399 e. The Morgan fingerprint density at radius 2 is 2.00 bits per heavy atom. The molecule has 0 aliphatic rings. The molecule has 4 heteroatoms. The Morgan fingerprint density at radius 3 is 2.44 bits per heavy atom. The second-order valence-electron chi connectivity index (χ2n) is 4.67. The molecule has 0 spiro atoms. The molecule has 0 bridgehead atoms. The summed E-state index contributed by atoms with van der Waals surface area (Å²) in [6, 6.07) is 5.19. The Morgan fingerprint density at radius 1 is 1.39 bits per heavy atom. The zero-order valence-electron chi connectivity index (χ0n) is 11.3. The molecule has 0 aromatic heterocycles. The maximum Gasteiger partial charge on any atom is 0.251 e. The summed E-state index contributed by atoms with van der Waals surface area (Å²) in [4.78, 5) is 12.1. The molecule has 0 heterocycles. The van der Waals surface area contributed by atoms with Gasteiger partial charge in [0.05, 0.1) is 12.1 Å². The van der Waals surface area contributed by atoms with Crippen molar-refractivity contribution in [1.82, 2.24) is 5.32 Å². The van der Waals surface area contributed by atoms with Crippen molar-refractivity contribution in [2.45, 2.75) is 39.2 Å². The lowest BCUT2D eigenvalue weighted by atomic mass is 9.93. The van der Waals surface area contributed by atoms with Gasteiger partial charge in [0.2, 0.25) is 0 Å². The van der Waals surface area contributed by atoms with E-state index in [2.05, 4.69) is 5.32 Å². The molecule has 4 nitrogen and oxygen atoms in total. The molecule has 1 amide bonds. The first kappa shape index (κ1) is 14.5. The van der Waals surface area contributed by atoms with E-state index in [1.54, 1.807) is 18.2 Å². The molecule has 0 atom stereocenters. The highest BCUT2D eigenvalue weighted by atomic mass is 16.3. The van der Waals surface area contributed by atoms with E-state index in [1.165, 1.54) is 0 Å². The monoisotopic (exact) mass is 250 g/mol. The van der Waals surface area contributed by atoms with Gasteiger partial charge in [0.15, 0.2) is 0 Å². The van der Waals surface area contributed by atoms with Crippen molar-refractivity contribution in [1.29, 1.82) is 0 Å². The predicted molar refractivity (Wildman–Crippen MR) is 73.5 cm³/mol. The molecule has 0 fully saturated rings. The molecule has 0 aliphatic heterocycles. The number of nitrogens with two attached hydrogens (primary N) is 1. The van der Waals surface area contributed by atoms with E-state index in [1.807, 2.05) is 20.8 Å². The van der Waals surface area contributed by atoms with Crippen LogP contribution in [-0.2, 0) is 0 Å². The summed E-state index contributed by atoms with van der Waals surface area (Å²) >= 11 is 0. The highest BCUT2D eigenvalue weighted by molar-refractivity contribution is 5.95. The molecular formula is C14H22N2O2. The first-order valence-corrected chi connectivity index (χ1v) is 6.27. The number of aliphatic hydroxyl groups excluding tert-OH is 1. The van der Waals surface area contributed by atoms with Crippen molar-refractivity contribution in [2.75, 3.05) is 12.3 Å². The van der Waals surface area contributed by atoms with Crippen LogP contribution in [-0.4, -0.2) is 23.2 Å². The van der Waals surface area contributed by atoms with Crippen LogP contribution in [0.4, 0.5) is 5.69 Å². The van der Waals surface area contributed by atoms with E-state index < -0.39 is 5.54 Å². The van der Waals surface area contributed by atoms with E-state index in [0.717, 1.165) is 5.56 Å². The Kier molecular flexibility index (Phi) is 4.73. The van der Waals surface area contributed by atoms with Crippen molar-refractivity contribution in [3.8, 4) is 0 Å². The lowest BCUT2D eigenvalue weighted by molar-refractivity contribution is 0.0818. The van der Waals surface area contributed by atoms with Gasteiger partial charge < -0.3 is 16.2 Å². The Balaban J connectivity index is 2.90. The van der Waals surface area contributed by atoms with Crippen LogP contribution in [0.3, 0.4) is 0 Å². The molecule has 1 rings (SSSR count). The lowest BCUT2D eigenvalue weighted by Crippen LogP contribution is -2.50. The lowest BCUT2D eigenvalue weighted by Gasteiger charge is -2.30. The minimum absolute atomic E-state index is 0.0559. The highest BCUT2D eigenvalue weighted by Gasteiger charge is 2.27. The number of nitrogens with one attached hydrogen (secondary N) is 1. The van der Waals surface area contributed by atoms with Crippen LogP contribution in [0.5, 0.6) is 0 Å². The normalized spacial score (nSPS) is 11.3. The number of carbonyl (C=O) groups is 1. The molecule has 1 aromatic carbocycles. The topological polar surface area (TPSA) is 75.3 Å². The van der Waals surface area contributed by atoms with Crippen LogP contribution in [0.2, 0.25) is 0 Å². The van der Waals surface area contributed by atoms with Crippen molar-refractivity contribution < 1.29 is 9.90 Å². The molecule has 0 radical (unpaired) electrons. The summed E-state index contributed by atoms with van der Waals surface area (Å²) in [6.07, 6.45) is 1.39. The highest BCUT2D eigenvalue weighted by Crippen LogP contribution is 2.17. The Labute approximate surface area is 108 Å². The molecule has 100 valence electrons. The molecule has 4 N–H and O–H groups in total. The maximum absolute atomic E-state index is 12.1. The number of benzene rings is 1. The third kappa shape index (κ3) is 3.01. The van der Waals surface area contributed by atoms with Crippen molar-refractivity contribution in [3.05, 3.63) is 29.3 Å². The minimum atomic E-state index is -0.535. The van der Waals surface area contributed by atoms with Crippen molar-refractivity contribution >= 4 is 11.6 Å². The van der Waals surface area contributed by atoms with Gasteiger partial charge in [-0.05, 0) is 43.5 Å². The van der Waals surface area contributed by atoms with Gasteiger partial charge in [-0.2, -0.15) is 0 Å². The first-order chi connectivity index (χ1) is 8.48. The molecule has 0 saturated carbocycles. The van der Waals surface area contributed by atoms with Gasteiger partial charge in [-0.3, -0.25) is 4.79 Å². The average molecular weight is 250 g/mol. The molecule has 0 unspecified atom stereocenters. The molecular weight excluding hydrogens is 228 g/mol. The number of aliphatic hydroxyl groups is 1. The van der Waals surface area contributed by atoms with Crippen LogP contribution >= 0.6 is 0 Å². The van der Waals surface area contributed by atoms with Gasteiger partial charge in [-0.1, -0.05) is 13.8 Å². The van der Waals surface area contributed by atoms with Gasteiger partial charge in [0.1, 0.15) is 0 Å². The van der Waals surface area contributed by atoms with Crippen LogP contribution in [0.25, 0.3) is 0 Å². The zero-order chi connectivity index (χ0) is 13.8. The smallest absolute Gasteiger partial charge is 0.251 e. The molecule has 18 heavy (non-hydrogen) atoms. The molecule has 0 saturated heterocycles. The summed E-state index contributed by atoms with van der Waals surface area (Å²) in [5.74, 6) is -0.171.